The first kappa shape index (κ1) is 25.0. The first-order valence-electron chi connectivity index (χ1n) is 11.1. The minimum atomic E-state index is -4.82. The van der Waals surface area contributed by atoms with E-state index in [1.165, 1.54) is 24.3 Å². The van der Waals surface area contributed by atoms with Crippen LogP contribution in [-0.4, -0.2) is 42.5 Å². The first-order chi connectivity index (χ1) is 17.1. The Morgan fingerprint density at radius 3 is 2.11 bits per heavy atom. The number of nitriles is 1. The summed E-state index contributed by atoms with van der Waals surface area (Å²) in [5.41, 5.74) is -3.25. The van der Waals surface area contributed by atoms with Crippen molar-refractivity contribution in [1.29, 1.82) is 5.26 Å². The molecular weight excluding hydrogens is 511 g/mol. The van der Waals surface area contributed by atoms with Gasteiger partial charge in [-0.1, -0.05) is 6.07 Å². The minimum Gasteiger partial charge on any atom is -0.494 e. The second-order valence-electron chi connectivity index (χ2n) is 9.76. The van der Waals surface area contributed by atoms with Crippen LogP contribution < -0.4 is 4.90 Å². The monoisotopic (exact) mass is 533 g/mol. The summed E-state index contributed by atoms with van der Waals surface area (Å²) in [5, 5.41) is 31.5. The second kappa shape index (κ2) is 7.66. The van der Waals surface area contributed by atoms with Crippen LogP contribution in [0.15, 0.2) is 47.4 Å². The van der Waals surface area contributed by atoms with Gasteiger partial charge in [0.15, 0.2) is 9.84 Å². The average Bonchev–Trinajstić information content (AvgIpc) is 3.17. The molecule has 12 heteroatoms. The van der Waals surface area contributed by atoms with Gasteiger partial charge in [0.25, 0.3) is 0 Å². The van der Waals surface area contributed by atoms with Crippen molar-refractivity contribution in [1.82, 2.24) is 4.57 Å². The van der Waals surface area contributed by atoms with Gasteiger partial charge in [0.2, 0.25) is 11.8 Å². The van der Waals surface area contributed by atoms with Gasteiger partial charge in [-0.3, -0.25) is 4.57 Å². The topological polar surface area (TPSA) is 116 Å². The Morgan fingerprint density at radius 2 is 1.59 bits per heavy atom. The zero-order valence-corrected chi connectivity index (χ0v) is 20.8. The molecule has 37 heavy (non-hydrogen) atoms. The number of ether oxygens (including phenoxy) is 1. The van der Waals surface area contributed by atoms with Crippen LogP contribution in [0.3, 0.4) is 0 Å². The summed E-state index contributed by atoms with van der Waals surface area (Å²) in [6.07, 6.45) is -3.71. The molecule has 0 aliphatic carbocycles. The van der Waals surface area contributed by atoms with Crippen LogP contribution >= 0.6 is 0 Å². The summed E-state index contributed by atoms with van der Waals surface area (Å²) in [6, 6.07) is 10.8. The Bertz CT molecular complexity index is 1570. The smallest absolute Gasteiger partial charge is 0.417 e. The van der Waals surface area contributed by atoms with Crippen molar-refractivity contribution < 1.29 is 36.5 Å². The maximum Gasteiger partial charge on any atom is 0.417 e. The molecule has 2 aliphatic heterocycles. The molecule has 2 aromatic carbocycles. The molecule has 1 aromatic heterocycles. The van der Waals surface area contributed by atoms with Crippen LogP contribution in [0.25, 0.3) is 5.69 Å². The van der Waals surface area contributed by atoms with E-state index in [0.717, 1.165) is 16.9 Å². The zero-order valence-electron chi connectivity index (χ0n) is 20.0. The van der Waals surface area contributed by atoms with Crippen LogP contribution in [-0.2, 0) is 32.0 Å². The lowest BCUT2D eigenvalue weighted by Crippen LogP contribution is -2.52. The largest absolute Gasteiger partial charge is 0.494 e. The number of morpholine rings is 1. The van der Waals surface area contributed by atoms with Gasteiger partial charge in [-0.05, 0) is 50.2 Å². The van der Waals surface area contributed by atoms with Crippen LogP contribution in [0.2, 0.25) is 0 Å². The van der Waals surface area contributed by atoms with Gasteiger partial charge in [-0.2, -0.15) is 18.4 Å². The first-order valence-corrected chi connectivity index (χ1v) is 13.0. The highest BCUT2D eigenvalue weighted by Gasteiger charge is 2.59. The van der Waals surface area contributed by atoms with E-state index in [-0.39, 0.29) is 34.8 Å². The number of fused-ring (bicyclic) bond motifs is 5. The van der Waals surface area contributed by atoms with Crippen molar-refractivity contribution in [2.45, 2.75) is 36.1 Å². The normalized spacial score (nSPS) is 23.1. The van der Waals surface area contributed by atoms with Crippen LogP contribution in [0.4, 0.5) is 18.9 Å². The van der Waals surface area contributed by atoms with Gasteiger partial charge in [0, 0.05) is 11.9 Å². The SMILES string of the molecule is CC12CN(c3cccc(S(C)(=O)=O)c3)CC(C)(O1)c1c2c(O)n(-c2ccc(C#N)c(C(F)(F)F)c2)c1O. The van der Waals surface area contributed by atoms with Gasteiger partial charge >= 0.3 is 6.18 Å². The fourth-order valence-corrected chi connectivity index (χ4v) is 6.16. The van der Waals surface area contributed by atoms with E-state index in [1.54, 1.807) is 26.0 Å². The van der Waals surface area contributed by atoms with Gasteiger partial charge in [-0.15, -0.1) is 0 Å². The fraction of sp³-hybridized carbons (Fsp3) is 0.320. The van der Waals surface area contributed by atoms with E-state index in [4.69, 9.17) is 10.00 Å². The lowest BCUT2D eigenvalue weighted by molar-refractivity contribution is -0.139. The van der Waals surface area contributed by atoms with E-state index in [0.29, 0.717) is 11.8 Å². The summed E-state index contributed by atoms with van der Waals surface area (Å²) >= 11 is 0. The summed E-state index contributed by atoms with van der Waals surface area (Å²) in [7, 11) is -3.46. The summed E-state index contributed by atoms with van der Waals surface area (Å²) < 4.78 is 72.0. The van der Waals surface area contributed by atoms with E-state index in [1.807, 2.05) is 4.90 Å². The third-order valence-electron chi connectivity index (χ3n) is 6.91. The predicted octanol–water partition coefficient (Wildman–Crippen LogP) is 4.16. The molecule has 2 aliphatic rings. The molecule has 2 unspecified atom stereocenters. The van der Waals surface area contributed by atoms with Gasteiger partial charge in [0.05, 0.1) is 52.0 Å². The highest BCUT2D eigenvalue weighted by molar-refractivity contribution is 7.90. The molecule has 5 rings (SSSR count). The quantitative estimate of drug-likeness (QED) is 0.519. The number of sulfone groups is 1. The lowest BCUT2D eigenvalue weighted by Gasteiger charge is -2.45. The number of hydrogen-bond donors (Lipinski definition) is 2. The molecule has 2 N–H and O–H groups in total. The number of hydrogen-bond acceptors (Lipinski definition) is 7. The summed E-state index contributed by atoms with van der Waals surface area (Å²) in [4.78, 5) is 2.01. The van der Waals surface area contributed by atoms with E-state index in [2.05, 4.69) is 0 Å². The van der Waals surface area contributed by atoms with Gasteiger partial charge in [-0.25, -0.2) is 8.42 Å². The summed E-state index contributed by atoms with van der Waals surface area (Å²) in [5.74, 6) is -0.966. The number of alkyl halides is 3. The molecule has 0 spiro atoms. The number of aromatic hydroxyl groups is 2. The molecule has 1 saturated heterocycles. The predicted molar refractivity (Wildman–Crippen MR) is 126 cm³/mol. The third kappa shape index (κ3) is 3.72. The van der Waals surface area contributed by atoms with Gasteiger partial charge in [0.1, 0.15) is 11.2 Å². The molecule has 0 radical (unpaired) electrons. The van der Waals surface area contributed by atoms with Crippen molar-refractivity contribution in [3.63, 3.8) is 0 Å². The molecule has 194 valence electrons. The standard InChI is InChI=1S/C25H22F3N3O5S/c1-23-12-30(15-5-4-6-17(9-15)37(3,34)35)13-24(2,36-23)20-19(23)21(32)31(22(20)33)16-8-7-14(11-29)18(10-16)25(26,27)28/h4-10,32-33H,12-13H2,1-3H3. The molecule has 2 atom stereocenters. The molecule has 3 heterocycles. The number of benzene rings is 2. The third-order valence-corrected chi connectivity index (χ3v) is 8.02. The maximum atomic E-state index is 13.6. The van der Waals surface area contributed by atoms with Crippen molar-refractivity contribution in [3.8, 4) is 23.5 Å². The minimum absolute atomic E-state index is 0.135. The van der Waals surface area contributed by atoms with Gasteiger partial charge < -0.3 is 19.8 Å². The van der Waals surface area contributed by atoms with E-state index >= 15 is 0 Å². The van der Waals surface area contributed by atoms with Crippen molar-refractivity contribution in [2.75, 3.05) is 24.2 Å². The van der Waals surface area contributed by atoms with Crippen molar-refractivity contribution in [2.24, 2.45) is 0 Å². The maximum absolute atomic E-state index is 13.6. The highest BCUT2D eigenvalue weighted by atomic mass is 32.2. The van der Waals surface area contributed by atoms with Crippen molar-refractivity contribution >= 4 is 15.5 Å². The summed E-state index contributed by atoms with van der Waals surface area (Å²) in [6.45, 7) is 3.71. The zero-order chi connectivity index (χ0) is 27.1. The molecular formula is C25H22F3N3O5S. The Balaban J connectivity index is 1.63. The number of halogens is 3. The molecule has 1 fully saturated rings. The Labute approximate surface area is 210 Å². The van der Waals surface area contributed by atoms with Crippen molar-refractivity contribution in [3.05, 3.63) is 64.7 Å². The second-order valence-corrected chi connectivity index (χ2v) is 11.8. The molecule has 3 aromatic rings. The van der Waals surface area contributed by atoms with E-state index in [9.17, 15) is 31.8 Å². The Kier molecular flexibility index (Phi) is 5.17. The molecule has 8 nitrogen and oxygen atoms in total. The number of nitrogens with zero attached hydrogens (tertiary/aromatic N) is 3. The van der Waals surface area contributed by atoms with Crippen LogP contribution in [0.5, 0.6) is 11.8 Å². The number of rotatable bonds is 3. The molecule has 0 amide bonds. The van der Waals surface area contributed by atoms with E-state index < -0.39 is 50.1 Å². The Hall–Kier alpha value is -3.69. The average molecular weight is 534 g/mol. The molecule has 2 bridgehead atoms. The van der Waals surface area contributed by atoms with Crippen LogP contribution in [0, 0.1) is 11.3 Å². The number of anilines is 1. The number of aromatic nitrogens is 1. The fourth-order valence-electron chi connectivity index (χ4n) is 5.50. The van der Waals surface area contributed by atoms with Crippen LogP contribution in [0.1, 0.15) is 36.1 Å². The molecule has 0 saturated carbocycles. The lowest BCUT2D eigenvalue weighted by atomic mass is 9.94. The highest BCUT2D eigenvalue weighted by Crippen LogP contribution is 2.59. The Morgan fingerprint density at radius 1 is 1.00 bits per heavy atom.